The summed E-state index contributed by atoms with van der Waals surface area (Å²) in [5.74, 6) is -0.446. The van der Waals surface area contributed by atoms with E-state index in [-0.39, 0.29) is 11.4 Å². The van der Waals surface area contributed by atoms with E-state index in [0.717, 1.165) is 5.56 Å². The van der Waals surface area contributed by atoms with E-state index in [4.69, 9.17) is 9.84 Å². The number of halogens is 1. The van der Waals surface area contributed by atoms with Crippen molar-refractivity contribution in [2.45, 2.75) is 6.92 Å². The fourth-order valence-corrected chi connectivity index (χ4v) is 1.71. The van der Waals surface area contributed by atoms with Crippen LogP contribution in [-0.4, -0.2) is 16.1 Å². The van der Waals surface area contributed by atoms with E-state index < -0.39 is 5.97 Å². The number of benzene rings is 1. The Morgan fingerprint density at radius 1 is 1.33 bits per heavy atom. The molecule has 4 nitrogen and oxygen atoms in total. The molecule has 1 aromatic carbocycles. The molecule has 0 saturated carbocycles. The van der Waals surface area contributed by atoms with E-state index >= 15 is 0 Å². The second-order valence-electron chi connectivity index (χ2n) is 3.73. The third-order valence-corrected chi connectivity index (χ3v) is 2.72. The van der Waals surface area contributed by atoms with Crippen molar-refractivity contribution < 1.29 is 14.6 Å². The number of nitrogens with zero attached hydrogens (tertiary/aromatic N) is 1. The molecule has 0 aliphatic heterocycles. The molecule has 1 heterocycles. The molecular formula is C13H10BrNO3. The maximum atomic E-state index is 11.1. The van der Waals surface area contributed by atoms with E-state index in [2.05, 4.69) is 20.9 Å². The summed E-state index contributed by atoms with van der Waals surface area (Å²) in [6.45, 7) is 1.96. The molecule has 0 amide bonds. The van der Waals surface area contributed by atoms with E-state index in [9.17, 15) is 4.79 Å². The quantitative estimate of drug-likeness (QED) is 0.940. The van der Waals surface area contributed by atoms with Crippen molar-refractivity contribution in [3.63, 3.8) is 0 Å². The standard InChI is InChI=1S/C13H10BrNO3/c1-8-2-4-10(5-3-8)18-12-11(13(16)17)6-9(14)7-15-12/h2-7H,1H3,(H,16,17). The van der Waals surface area contributed by atoms with Gasteiger partial charge in [-0.1, -0.05) is 17.7 Å². The van der Waals surface area contributed by atoms with Crippen LogP contribution in [0.2, 0.25) is 0 Å². The van der Waals surface area contributed by atoms with Crippen LogP contribution in [0.3, 0.4) is 0 Å². The fraction of sp³-hybridized carbons (Fsp3) is 0.0769. The third kappa shape index (κ3) is 2.87. The molecule has 0 fully saturated rings. The Kier molecular flexibility index (Phi) is 3.62. The minimum absolute atomic E-state index is 0.0185. The number of aromatic carboxylic acids is 1. The molecule has 5 heteroatoms. The van der Waals surface area contributed by atoms with Crippen molar-refractivity contribution in [2.75, 3.05) is 0 Å². The first-order valence-corrected chi connectivity index (χ1v) is 5.99. The lowest BCUT2D eigenvalue weighted by atomic mass is 10.2. The molecule has 0 radical (unpaired) electrons. The highest BCUT2D eigenvalue weighted by Gasteiger charge is 2.14. The largest absolute Gasteiger partial charge is 0.477 e. The summed E-state index contributed by atoms with van der Waals surface area (Å²) < 4.78 is 6.06. The van der Waals surface area contributed by atoms with Crippen LogP contribution in [0.25, 0.3) is 0 Å². The Balaban J connectivity index is 2.34. The number of hydrogen-bond donors (Lipinski definition) is 1. The molecule has 0 spiro atoms. The predicted molar refractivity (Wildman–Crippen MR) is 70.1 cm³/mol. The van der Waals surface area contributed by atoms with Crippen LogP contribution in [0.5, 0.6) is 11.6 Å². The van der Waals surface area contributed by atoms with E-state index in [1.54, 1.807) is 12.1 Å². The van der Waals surface area contributed by atoms with E-state index in [1.165, 1.54) is 12.3 Å². The Bertz CT molecular complexity index is 581. The molecule has 2 rings (SSSR count). The van der Waals surface area contributed by atoms with Crippen molar-refractivity contribution in [2.24, 2.45) is 0 Å². The van der Waals surface area contributed by atoms with Crippen molar-refractivity contribution >= 4 is 21.9 Å². The maximum absolute atomic E-state index is 11.1. The molecule has 0 aliphatic carbocycles. The lowest BCUT2D eigenvalue weighted by molar-refractivity contribution is 0.0693. The van der Waals surface area contributed by atoms with Gasteiger partial charge in [-0.15, -0.1) is 0 Å². The highest BCUT2D eigenvalue weighted by Crippen LogP contribution is 2.25. The van der Waals surface area contributed by atoms with Crippen LogP contribution >= 0.6 is 15.9 Å². The Morgan fingerprint density at radius 3 is 2.61 bits per heavy atom. The van der Waals surface area contributed by atoms with E-state index in [0.29, 0.717) is 10.2 Å². The molecule has 0 unspecified atom stereocenters. The summed E-state index contributed by atoms with van der Waals surface area (Å²) >= 11 is 3.18. The minimum atomic E-state index is -1.08. The highest BCUT2D eigenvalue weighted by molar-refractivity contribution is 9.10. The van der Waals surface area contributed by atoms with E-state index in [1.807, 2.05) is 19.1 Å². The normalized spacial score (nSPS) is 10.1. The van der Waals surface area contributed by atoms with Crippen LogP contribution in [0, 0.1) is 6.92 Å². The number of carboxylic acids is 1. The van der Waals surface area contributed by atoms with Gasteiger partial charge >= 0.3 is 5.97 Å². The van der Waals surface area contributed by atoms with Gasteiger partial charge in [-0.3, -0.25) is 0 Å². The second kappa shape index (κ2) is 5.18. The van der Waals surface area contributed by atoms with Gasteiger partial charge in [0.05, 0.1) is 0 Å². The molecule has 0 aliphatic rings. The molecule has 1 aromatic heterocycles. The Hall–Kier alpha value is -1.88. The van der Waals surface area contributed by atoms with Gasteiger partial charge in [0.15, 0.2) is 0 Å². The summed E-state index contributed by atoms with van der Waals surface area (Å²) in [4.78, 5) is 15.0. The van der Waals surface area contributed by atoms with Crippen LogP contribution in [0.15, 0.2) is 41.0 Å². The molecule has 92 valence electrons. The third-order valence-electron chi connectivity index (χ3n) is 2.28. The predicted octanol–water partition coefficient (Wildman–Crippen LogP) is 3.64. The van der Waals surface area contributed by atoms with Gasteiger partial charge in [-0.2, -0.15) is 0 Å². The molecule has 0 atom stereocenters. The average Bonchev–Trinajstić information content (AvgIpc) is 2.34. The minimum Gasteiger partial charge on any atom is -0.477 e. The van der Waals surface area contributed by atoms with Crippen molar-refractivity contribution in [1.82, 2.24) is 4.98 Å². The molecule has 1 N–H and O–H groups in total. The number of aryl methyl sites for hydroxylation is 1. The number of carbonyl (C=O) groups is 1. The topological polar surface area (TPSA) is 59.4 Å². The smallest absolute Gasteiger partial charge is 0.341 e. The first kappa shape index (κ1) is 12.6. The molecule has 0 saturated heterocycles. The number of aromatic nitrogens is 1. The van der Waals surface area contributed by atoms with Crippen molar-refractivity contribution in [3.05, 3.63) is 52.1 Å². The number of hydrogen-bond acceptors (Lipinski definition) is 3. The van der Waals surface area contributed by atoms with Crippen LogP contribution in [-0.2, 0) is 0 Å². The Morgan fingerprint density at radius 2 is 2.00 bits per heavy atom. The van der Waals surface area contributed by atoms with Crippen LogP contribution < -0.4 is 4.74 Å². The molecule has 2 aromatic rings. The zero-order chi connectivity index (χ0) is 13.1. The van der Waals surface area contributed by atoms with Gasteiger partial charge in [0.25, 0.3) is 0 Å². The number of carboxylic acid groups (broad SMARTS) is 1. The van der Waals surface area contributed by atoms with Gasteiger partial charge < -0.3 is 9.84 Å². The first-order valence-electron chi connectivity index (χ1n) is 5.19. The maximum Gasteiger partial charge on any atom is 0.341 e. The monoisotopic (exact) mass is 307 g/mol. The lowest BCUT2D eigenvalue weighted by Gasteiger charge is -2.07. The van der Waals surface area contributed by atoms with Gasteiger partial charge in [-0.25, -0.2) is 9.78 Å². The number of rotatable bonds is 3. The number of pyridine rings is 1. The second-order valence-corrected chi connectivity index (χ2v) is 4.64. The van der Waals surface area contributed by atoms with Gasteiger partial charge in [0.1, 0.15) is 11.3 Å². The summed E-state index contributed by atoms with van der Waals surface area (Å²) in [6.07, 6.45) is 1.50. The summed E-state index contributed by atoms with van der Waals surface area (Å²) in [7, 11) is 0. The summed E-state index contributed by atoms with van der Waals surface area (Å²) in [5.41, 5.74) is 1.12. The Labute approximate surface area is 112 Å². The van der Waals surface area contributed by atoms with Crippen molar-refractivity contribution in [1.29, 1.82) is 0 Å². The van der Waals surface area contributed by atoms with Gasteiger partial charge in [0.2, 0.25) is 5.88 Å². The van der Waals surface area contributed by atoms with Crippen molar-refractivity contribution in [3.8, 4) is 11.6 Å². The zero-order valence-corrected chi connectivity index (χ0v) is 11.1. The lowest BCUT2D eigenvalue weighted by Crippen LogP contribution is -2.02. The molecule has 0 bridgehead atoms. The highest BCUT2D eigenvalue weighted by atomic mass is 79.9. The number of ether oxygens (including phenoxy) is 1. The zero-order valence-electron chi connectivity index (χ0n) is 9.55. The van der Waals surface area contributed by atoms with Gasteiger partial charge in [0, 0.05) is 10.7 Å². The van der Waals surface area contributed by atoms with Gasteiger partial charge in [-0.05, 0) is 41.1 Å². The SMILES string of the molecule is Cc1ccc(Oc2ncc(Br)cc2C(=O)O)cc1. The summed E-state index contributed by atoms with van der Waals surface area (Å²) in [6, 6.07) is 8.76. The average molecular weight is 308 g/mol. The van der Waals surface area contributed by atoms with Crippen LogP contribution in [0.1, 0.15) is 15.9 Å². The fourth-order valence-electron chi connectivity index (χ4n) is 1.38. The van der Waals surface area contributed by atoms with Crippen LogP contribution in [0.4, 0.5) is 0 Å². The molecule has 18 heavy (non-hydrogen) atoms. The first-order chi connectivity index (χ1) is 8.56. The summed E-state index contributed by atoms with van der Waals surface area (Å²) in [5, 5.41) is 9.07. The molecular weight excluding hydrogens is 298 g/mol.